The molecule has 0 aliphatic carbocycles. The van der Waals surface area contributed by atoms with E-state index in [1.165, 1.54) is 21.9 Å². The molecule has 0 N–H and O–H groups in total. The first-order valence-electron chi connectivity index (χ1n) is 12.1. The molecule has 0 saturated heterocycles. The van der Waals surface area contributed by atoms with E-state index in [9.17, 15) is 14.9 Å². The Bertz CT molecular complexity index is 1980. The van der Waals surface area contributed by atoms with Crippen molar-refractivity contribution in [3.05, 3.63) is 115 Å². The Morgan fingerprint density at radius 2 is 1.80 bits per heavy atom. The van der Waals surface area contributed by atoms with Gasteiger partial charge < -0.3 is 4.74 Å². The highest BCUT2D eigenvalue weighted by molar-refractivity contribution is 7.15. The van der Waals surface area contributed by atoms with E-state index in [-0.39, 0.29) is 17.0 Å². The minimum Gasteiger partial charge on any atom is -0.487 e. The Kier molecular flexibility index (Phi) is 6.58. The summed E-state index contributed by atoms with van der Waals surface area (Å²) in [6.45, 7) is 2.06. The van der Waals surface area contributed by atoms with Crippen LogP contribution in [0.2, 0.25) is 5.02 Å². The molecule has 0 saturated carbocycles. The Morgan fingerprint density at radius 1 is 1.05 bits per heavy atom. The van der Waals surface area contributed by atoms with Gasteiger partial charge in [-0.2, -0.15) is 14.6 Å². The van der Waals surface area contributed by atoms with Gasteiger partial charge in [-0.05, 0) is 61.5 Å². The van der Waals surface area contributed by atoms with Gasteiger partial charge in [-0.25, -0.2) is 4.68 Å². The Morgan fingerprint density at radius 3 is 2.50 bits per heavy atom. The standard InChI is InChI=1S/C28H19ClN6O4S/c1-2-39-23-13-10-18(14-22(23)35(37)38)25-19(16-33(31-25)21-6-4-3-5-7-21)15-24-27(36)34-28(40-24)30-26(32-34)17-8-11-20(29)12-9-17/h3-16H,2H2,1H3. The summed E-state index contributed by atoms with van der Waals surface area (Å²) >= 11 is 7.17. The molecule has 3 aromatic heterocycles. The number of aromatic nitrogens is 5. The normalized spacial score (nSPS) is 11.8. The van der Waals surface area contributed by atoms with Gasteiger partial charge in [-0.15, -0.1) is 5.10 Å². The van der Waals surface area contributed by atoms with E-state index in [4.69, 9.17) is 21.4 Å². The third-order valence-corrected chi connectivity index (χ3v) is 7.27. The van der Waals surface area contributed by atoms with E-state index in [1.54, 1.807) is 60.3 Å². The average Bonchev–Trinajstić information content (AvgIpc) is 3.65. The number of rotatable bonds is 7. The zero-order valence-electron chi connectivity index (χ0n) is 20.9. The molecule has 3 aromatic carbocycles. The van der Waals surface area contributed by atoms with Gasteiger partial charge in [0.15, 0.2) is 11.6 Å². The molecule has 0 atom stereocenters. The number of nitro groups is 1. The van der Waals surface area contributed by atoms with Crippen molar-refractivity contribution in [3.8, 4) is 34.1 Å². The van der Waals surface area contributed by atoms with Gasteiger partial charge in [0.2, 0.25) is 4.96 Å². The molecule has 0 unspecified atom stereocenters. The van der Waals surface area contributed by atoms with Gasteiger partial charge in [-0.1, -0.05) is 41.1 Å². The van der Waals surface area contributed by atoms with Crippen LogP contribution in [0.4, 0.5) is 5.69 Å². The lowest BCUT2D eigenvalue weighted by atomic mass is 10.1. The minimum atomic E-state index is -0.486. The van der Waals surface area contributed by atoms with Crippen molar-refractivity contribution in [1.29, 1.82) is 0 Å². The molecule has 0 amide bonds. The van der Waals surface area contributed by atoms with Crippen molar-refractivity contribution in [2.24, 2.45) is 0 Å². The third kappa shape index (κ3) is 4.72. The summed E-state index contributed by atoms with van der Waals surface area (Å²) in [5, 5.41) is 21.5. The van der Waals surface area contributed by atoms with Gasteiger partial charge >= 0.3 is 5.69 Å². The fourth-order valence-electron chi connectivity index (χ4n) is 4.21. The van der Waals surface area contributed by atoms with Crippen LogP contribution in [-0.2, 0) is 0 Å². The average molecular weight is 571 g/mol. The fraction of sp³-hybridized carbons (Fsp3) is 0.0714. The number of fused-ring (bicyclic) bond motifs is 1. The quantitative estimate of drug-likeness (QED) is 0.192. The van der Waals surface area contributed by atoms with E-state index < -0.39 is 4.92 Å². The molecular formula is C28H19ClN6O4S. The van der Waals surface area contributed by atoms with Crippen LogP contribution in [0.3, 0.4) is 0 Å². The number of halogens is 1. The summed E-state index contributed by atoms with van der Waals surface area (Å²) in [6, 6.07) is 21.2. The molecule has 10 nitrogen and oxygen atoms in total. The molecule has 0 aliphatic heterocycles. The highest BCUT2D eigenvalue weighted by Gasteiger charge is 2.20. The zero-order valence-corrected chi connectivity index (χ0v) is 22.5. The first-order valence-corrected chi connectivity index (χ1v) is 13.3. The first-order chi connectivity index (χ1) is 19.4. The van der Waals surface area contributed by atoms with Crippen LogP contribution >= 0.6 is 22.9 Å². The van der Waals surface area contributed by atoms with Gasteiger partial charge in [0.1, 0.15) is 5.69 Å². The third-order valence-electron chi connectivity index (χ3n) is 6.06. The number of para-hydroxylation sites is 1. The van der Waals surface area contributed by atoms with Gasteiger partial charge in [0, 0.05) is 34.0 Å². The van der Waals surface area contributed by atoms with E-state index >= 15 is 0 Å². The minimum absolute atomic E-state index is 0.169. The van der Waals surface area contributed by atoms with Crippen molar-refractivity contribution in [2.75, 3.05) is 6.61 Å². The predicted octanol–water partition coefficient (Wildman–Crippen LogP) is 5.18. The molecule has 0 fully saturated rings. The second-order valence-corrected chi connectivity index (χ2v) is 10.1. The second-order valence-electron chi connectivity index (χ2n) is 8.64. The van der Waals surface area contributed by atoms with Crippen LogP contribution in [-0.4, -0.2) is 35.9 Å². The Balaban J connectivity index is 1.49. The first kappa shape index (κ1) is 25.4. The maximum Gasteiger partial charge on any atom is 0.311 e. The topological polar surface area (TPSA) is 117 Å². The van der Waals surface area contributed by atoms with Gasteiger partial charge in [0.05, 0.1) is 21.7 Å². The highest BCUT2D eigenvalue weighted by Crippen LogP contribution is 2.34. The summed E-state index contributed by atoms with van der Waals surface area (Å²) in [5.74, 6) is 0.596. The summed E-state index contributed by atoms with van der Waals surface area (Å²) < 4.78 is 8.77. The molecule has 40 heavy (non-hydrogen) atoms. The number of hydrogen-bond donors (Lipinski definition) is 0. The van der Waals surface area contributed by atoms with E-state index in [1.807, 2.05) is 30.3 Å². The summed E-state index contributed by atoms with van der Waals surface area (Å²) in [5.41, 5.74) is 2.61. The number of thiazole rings is 1. The predicted molar refractivity (Wildman–Crippen MR) is 153 cm³/mol. The van der Waals surface area contributed by atoms with Crippen LogP contribution in [0.5, 0.6) is 5.75 Å². The molecule has 0 aliphatic rings. The fourth-order valence-corrected chi connectivity index (χ4v) is 5.24. The van der Waals surface area contributed by atoms with E-state index in [2.05, 4.69) is 10.1 Å². The number of ether oxygens (including phenoxy) is 1. The largest absolute Gasteiger partial charge is 0.487 e. The number of nitro benzene ring substituents is 1. The Labute approximate surface area is 235 Å². The van der Waals surface area contributed by atoms with Gasteiger partial charge in [-0.3, -0.25) is 14.9 Å². The molecule has 0 bridgehead atoms. The summed E-state index contributed by atoms with van der Waals surface area (Å²) in [7, 11) is 0. The highest BCUT2D eigenvalue weighted by atomic mass is 35.5. The zero-order chi connectivity index (χ0) is 27.8. The lowest BCUT2D eigenvalue weighted by Gasteiger charge is -2.06. The number of benzene rings is 3. The molecule has 3 heterocycles. The molecule has 6 aromatic rings. The van der Waals surface area contributed by atoms with E-state index in [0.29, 0.717) is 43.8 Å². The lowest BCUT2D eigenvalue weighted by Crippen LogP contribution is -2.23. The summed E-state index contributed by atoms with van der Waals surface area (Å²) in [4.78, 5) is 29.6. The molecule has 12 heteroatoms. The molecular weight excluding hydrogens is 552 g/mol. The molecule has 0 spiro atoms. The van der Waals surface area contributed by atoms with Gasteiger partial charge in [0.25, 0.3) is 5.56 Å². The second kappa shape index (κ2) is 10.4. The SMILES string of the molecule is CCOc1ccc(-c2nn(-c3ccccc3)cc2C=c2sc3nc(-c4ccc(Cl)cc4)nn3c2=O)cc1[N+](=O)[O-]. The van der Waals surface area contributed by atoms with Crippen molar-refractivity contribution in [2.45, 2.75) is 6.92 Å². The molecule has 0 radical (unpaired) electrons. The maximum absolute atomic E-state index is 13.3. The van der Waals surface area contributed by atoms with Crippen LogP contribution in [0.15, 0.2) is 83.8 Å². The number of hydrogen-bond acceptors (Lipinski definition) is 8. The molecule has 6 rings (SSSR count). The Hall–Kier alpha value is -4.87. The van der Waals surface area contributed by atoms with Crippen molar-refractivity contribution in [3.63, 3.8) is 0 Å². The van der Waals surface area contributed by atoms with Crippen LogP contribution < -0.4 is 14.8 Å². The van der Waals surface area contributed by atoms with Crippen molar-refractivity contribution >= 4 is 39.7 Å². The monoisotopic (exact) mass is 570 g/mol. The maximum atomic E-state index is 13.3. The summed E-state index contributed by atoms with van der Waals surface area (Å²) in [6.07, 6.45) is 3.48. The van der Waals surface area contributed by atoms with E-state index in [0.717, 1.165) is 11.3 Å². The van der Waals surface area contributed by atoms with Crippen molar-refractivity contribution < 1.29 is 9.66 Å². The van der Waals surface area contributed by atoms with Crippen LogP contribution in [0, 0.1) is 10.1 Å². The molecule has 198 valence electrons. The number of nitrogens with zero attached hydrogens (tertiary/aromatic N) is 6. The lowest BCUT2D eigenvalue weighted by molar-refractivity contribution is -0.385. The van der Waals surface area contributed by atoms with Crippen LogP contribution in [0.1, 0.15) is 12.5 Å². The van der Waals surface area contributed by atoms with Crippen LogP contribution in [0.25, 0.3) is 39.4 Å². The smallest absolute Gasteiger partial charge is 0.311 e. The van der Waals surface area contributed by atoms with Crippen molar-refractivity contribution in [1.82, 2.24) is 24.4 Å².